The van der Waals surface area contributed by atoms with Gasteiger partial charge in [0.15, 0.2) is 0 Å². The molecular formula is C17H28N2O. The topological polar surface area (TPSA) is 35.5 Å². The van der Waals surface area contributed by atoms with E-state index in [-0.39, 0.29) is 12.6 Å². The van der Waals surface area contributed by atoms with Crippen LogP contribution >= 0.6 is 0 Å². The number of aliphatic hydroxyl groups excluding tert-OH is 1. The SMILES string of the molecule is CC(C)CNCc1ccccc1N1CCC(C)C1CO. The fraction of sp³-hybridized carbons (Fsp3) is 0.647. The molecule has 1 saturated heterocycles. The minimum absolute atomic E-state index is 0.245. The molecule has 1 aromatic rings. The molecule has 3 nitrogen and oxygen atoms in total. The smallest absolute Gasteiger partial charge is 0.0637 e. The van der Waals surface area contributed by atoms with Crippen molar-refractivity contribution < 1.29 is 5.11 Å². The number of hydrogen-bond acceptors (Lipinski definition) is 3. The lowest BCUT2D eigenvalue weighted by molar-refractivity contribution is 0.244. The van der Waals surface area contributed by atoms with E-state index in [9.17, 15) is 5.11 Å². The molecule has 1 aromatic carbocycles. The molecule has 3 heteroatoms. The molecule has 0 saturated carbocycles. The highest BCUT2D eigenvalue weighted by atomic mass is 16.3. The molecule has 2 rings (SSSR count). The van der Waals surface area contributed by atoms with Gasteiger partial charge in [0, 0.05) is 18.8 Å². The van der Waals surface area contributed by atoms with Gasteiger partial charge >= 0.3 is 0 Å². The van der Waals surface area contributed by atoms with Crippen LogP contribution in [0.2, 0.25) is 0 Å². The first-order valence-electron chi connectivity index (χ1n) is 7.79. The van der Waals surface area contributed by atoms with E-state index in [0.717, 1.165) is 19.6 Å². The number of benzene rings is 1. The molecule has 0 bridgehead atoms. The maximum atomic E-state index is 9.65. The van der Waals surface area contributed by atoms with Gasteiger partial charge in [0.2, 0.25) is 0 Å². The first-order chi connectivity index (χ1) is 9.63. The van der Waals surface area contributed by atoms with Gasteiger partial charge in [-0.15, -0.1) is 0 Å². The Morgan fingerprint density at radius 1 is 1.35 bits per heavy atom. The molecular weight excluding hydrogens is 248 g/mol. The molecule has 0 spiro atoms. The summed E-state index contributed by atoms with van der Waals surface area (Å²) in [6.45, 7) is 9.92. The Morgan fingerprint density at radius 3 is 2.80 bits per heavy atom. The van der Waals surface area contributed by atoms with Crippen LogP contribution in [-0.4, -0.2) is 30.8 Å². The lowest BCUT2D eigenvalue weighted by Gasteiger charge is -2.29. The number of anilines is 1. The summed E-state index contributed by atoms with van der Waals surface area (Å²) < 4.78 is 0. The van der Waals surface area contributed by atoms with Crippen LogP contribution in [0.1, 0.15) is 32.8 Å². The highest BCUT2D eigenvalue weighted by molar-refractivity contribution is 5.55. The third kappa shape index (κ3) is 3.53. The second-order valence-electron chi connectivity index (χ2n) is 6.36. The van der Waals surface area contributed by atoms with Crippen molar-refractivity contribution in [1.29, 1.82) is 0 Å². The Morgan fingerprint density at radius 2 is 2.10 bits per heavy atom. The molecule has 0 radical (unpaired) electrons. The third-order valence-corrected chi connectivity index (χ3v) is 4.24. The van der Waals surface area contributed by atoms with E-state index >= 15 is 0 Å². The van der Waals surface area contributed by atoms with E-state index in [2.05, 4.69) is 55.3 Å². The first-order valence-corrected chi connectivity index (χ1v) is 7.79. The molecule has 20 heavy (non-hydrogen) atoms. The third-order valence-electron chi connectivity index (χ3n) is 4.24. The summed E-state index contributed by atoms with van der Waals surface area (Å²) in [6, 6.07) is 8.84. The van der Waals surface area contributed by atoms with Crippen LogP contribution in [0.5, 0.6) is 0 Å². The minimum Gasteiger partial charge on any atom is -0.394 e. The van der Waals surface area contributed by atoms with E-state index in [0.29, 0.717) is 11.8 Å². The maximum absolute atomic E-state index is 9.65. The van der Waals surface area contributed by atoms with Crippen LogP contribution in [0.15, 0.2) is 24.3 Å². The summed E-state index contributed by atoms with van der Waals surface area (Å²) in [5, 5.41) is 13.2. The van der Waals surface area contributed by atoms with Crippen molar-refractivity contribution in [2.24, 2.45) is 11.8 Å². The molecule has 1 aliphatic heterocycles. The molecule has 0 aromatic heterocycles. The molecule has 0 aliphatic carbocycles. The van der Waals surface area contributed by atoms with Crippen LogP contribution < -0.4 is 10.2 Å². The van der Waals surface area contributed by atoms with Gasteiger partial charge in [0.05, 0.1) is 12.6 Å². The largest absolute Gasteiger partial charge is 0.394 e. The summed E-state index contributed by atoms with van der Waals surface area (Å²) in [4.78, 5) is 2.39. The van der Waals surface area contributed by atoms with Crippen LogP contribution in [-0.2, 0) is 6.54 Å². The van der Waals surface area contributed by atoms with Gasteiger partial charge in [-0.05, 0) is 36.4 Å². The number of hydrogen-bond donors (Lipinski definition) is 2. The van der Waals surface area contributed by atoms with E-state index < -0.39 is 0 Å². The fourth-order valence-electron chi connectivity index (χ4n) is 3.02. The second kappa shape index (κ2) is 7.09. The predicted octanol–water partition coefficient (Wildman–Crippen LogP) is 2.64. The molecule has 112 valence electrons. The standard InChI is InChI=1S/C17H28N2O/c1-13(2)10-18-11-15-6-4-5-7-16(15)19-9-8-14(3)17(19)12-20/h4-7,13-14,17-18,20H,8-12H2,1-3H3. The van der Waals surface area contributed by atoms with E-state index in [1.54, 1.807) is 0 Å². The van der Waals surface area contributed by atoms with Crippen molar-refractivity contribution in [3.05, 3.63) is 29.8 Å². The Bertz CT molecular complexity index is 419. The quantitative estimate of drug-likeness (QED) is 0.838. The fourth-order valence-corrected chi connectivity index (χ4v) is 3.02. The van der Waals surface area contributed by atoms with Crippen molar-refractivity contribution >= 4 is 5.69 Å². The van der Waals surface area contributed by atoms with E-state index in [4.69, 9.17) is 0 Å². The van der Waals surface area contributed by atoms with E-state index in [1.165, 1.54) is 17.7 Å². The number of aliphatic hydroxyl groups is 1. The zero-order valence-electron chi connectivity index (χ0n) is 13.0. The van der Waals surface area contributed by atoms with Crippen LogP contribution in [0.25, 0.3) is 0 Å². The average molecular weight is 276 g/mol. The summed E-state index contributed by atoms with van der Waals surface area (Å²) in [6.07, 6.45) is 1.17. The second-order valence-corrected chi connectivity index (χ2v) is 6.36. The number of rotatable bonds is 6. The van der Waals surface area contributed by atoms with E-state index in [1.807, 2.05) is 0 Å². The lowest BCUT2D eigenvalue weighted by atomic mass is 10.0. The van der Waals surface area contributed by atoms with Gasteiger partial charge in [-0.3, -0.25) is 0 Å². The van der Waals surface area contributed by atoms with Gasteiger partial charge in [0.1, 0.15) is 0 Å². The molecule has 0 amide bonds. The Hall–Kier alpha value is -1.06. The van der Waals surface area contributed by atoms with Gasteiger partial charge in [0.25, 0.3) is 0 Å². The average Bonchev–Trinajstić information content (AvgIpc) is 2.80. The highest BCUT2D eigenvalue weighted by Crippen LogP contribution is 2.31. The molecule has 2 N–H and O–H groups in total. The van der Waals surface area contributed by atoms with Crippen molar-refractivity contribution in [2.75, 3.05) is 24.6 Å². The van der Waals surface area contributed by atoms with Gasteiger partial charge < -0.3 is 15.3 Å². The van der Waals surface area contributed by atoms with Crippen molar-refractivity contribution in [3.63, 3.8) is 0 Å². The normalized spacial score (nSPS) is 22.8. The summed E-state index contributed by atoms with van der Waals surface area (Å²) in [5.41, 5.74) is 2.62. The first kappa shape index (κ1) is 15.3. The maximum Gasteiger partial charge on any atom is 0.0637 e. The van der Waals surface area contributed by atoms with Crippen LogP contribution in [0.3, 0.4) is 0 Å². The van der Waals surface area contributed by atoms with Crippen LogP contribution in [0, 0.1) is 11.8 Å². The summed E-state index contributed by atoms with van der Waals surface area (Å²) >= 11 is 0. The van der Waals surface area contributed by atoms with Crippen molar-refractivity contribution in [2.45, 2.75) is 39.8 Å². The van der Waals surface area contributed by atoms with Gasteiger partial charge in [-0.25, -0.2) is 0 Å². The zero-order valence-corrected chi connectivity index (χ0v) is 13.0. The number of nitrogens with one attached hydrogen (secondary N) is 1. The van der Waals surface area contributed by atoms with Gasteiger partial charge in [-0.1, -0.05) is 39.0 Å². The summed E-state index contributed by atoms with van der Waals surface area (Å²) in [5.74, 6) is 1.23. The van der Waals surface area contributed by atoms with Gasteiger partial charge in [-0.2, -0.15) is 0 Å². The molecule has 1 fully saturated rings. The monoisotopic (exact) mass is 276 g/mol. The number of nitrogens with zero attached hydrogens (tertiary/aromatic N) is 1. The molecule has 2 unspecified atom stereocenters. The highest BCUT2D eigenvalue weighted by Gasteiger charge is 2.31. The summed E-state index contributed by atoms with van der Waals surface area (Å²) in [7, 11) is 0. The lowest BCUT2D eigenvalue weighted by Crippen LogP contribution is -2.36. The Balaban J connectivity index is 2.11. The molecule has 2 atom stereocenters. The molecule has 1 heterocycles. The molecule has 1 aliphatic rings. The predicted molar refractivity (Wildman–Crippen MR) is 85.0 cm³/mol. The van der Waals surface area contributed by atoms with Crippen LogP contribution in [0.4, 0.5) is 5.69 Å². The Labute approximate surface area is 123 Å². The van der Waals surface area contributed by atoms with Crippen molar-refractivity contribution in [1.82, 2.24) is 5.32 Å². The van der Waals surface area contributed by atoms with Crippen molar-refractivity contribution in [3.8, 4) is 0 Å². The Kier molecular flexibility index (Phi) is 5.44. The number of para-hydroxylation sites is 1. The zero-order chi connectivity index (χ0) is 14.5. The minimum atomic E-state index is 0.245.